The van der Waals surface area contributed by atoms with Crippen LogP contribution in [-0.2, 0) is 13.1 Å². The Morgan fingerprint density at radius 1 is 0.950 bits per heavy atom. The van der Waals surface area contributed by atoms with E-state index in [0.29, 0.717) is 6.61 Å². The first-order chi connectivity index (χ1) is 9.31. The van der Waals surface area contributed by atoms with E-state index in [4.69, 9.17) is 16.3 Å². The fourth-order valence-electron chi connectivity index (χ4n) is 1.92. The molecule has 2 aromatic carbocycles. The van der Waals surface area contributed by atoms with Crippen LogP contribution < -0.4 is 10.1 Å². The summed E-state index contributed by atoms with van der Waals surface area (Å²) in [5.74, 6) is 0.941. The summed E-state index contributed by atoms with van der Waals surface area (Å²) in [6.07, 6.45) is 0. The first-order valence-corrected chi connectivity index (χ1v) is 6.84. The average Bonchev–Trinajstić information content (AvgIpc) is 2.43. The third-order valence-electron chi connectivity index (χ3n) is 2.86. The number of para-hydroxylation sites is 1. The van der Waals surface area contributed by atoms with Gasteiger partial charge in [0.25, 0.3) is 0 Å². The van der Waals surface area contributed by atoms with E-state index < -0.39 is 0 Å². The second-order valence-electron chi connectivity index (χ2n) is 4.24. The van der Waals surface area contributed by atoms with Gasteiger partial charge in [-0.25, -0.2) is 0 Å². The lowest BCUT2D eigenvalue weighted by molar-refractivity contribution is 0.335. The van der Waals surface area contributed by atoms with Crippen LogP contribution in [0.2, 0.25) is 5.02 Å². The van der Waals surface area contributed by atoms with E-state index in [2.05, 4.69) is 11.4 Å². The fourth-order valence-corrected chi connectivity index (χ4v) is 2.12. The Hall–Kier alpha value is -1.22. The summed E-state index contributed by atoms with van der Waals surface area (Å²) < 4.78 is 5.60. The van der Waals surface area contributed by atoms with E-state index in [1.54, 1.807) is 0 Å². The molecular formula is C16H19Cl2NO. The molecule has 0 saturated carbocycles. The molecule has 108 valence electrons. The molecule has 0 unspecified atom stereocenters. The van der Waals surface area contributed by atoms with Gasteiger partial charge in [0.15, 0.2) is 0 Å². The van der Waals surface area contributed by atoms with Crippen LogP contribution in [0.25, 0.3) is 0 Å². The molecule has 0 radical (unpaired) electrons. The lowest BCUT2D eigenvalue weighted by atomic mass is 10.2. The van der Waals surface area contributed by atoms with Crippen molar-refractivity contribution in [3.8, 4) is 5.75 Å². The Kier molecular flexibility index (Phi) is 7.45. The maximum absolute atomic E-state index is 6.12. The topological polar surface area (TPSA) is 21.3 Å². The smallest absolute Gasteiger partial charge is 0.123 e. The van der Waals surface area contributed by atoms with E-state index in [1.165, 1.54) is 0 Å². The highest BCUT2D eigenvalue weighted by molar-refractivity contribution is 6.31. The summed E-state index contributed by atoms with van der Waals surface area (Å²) in [6.45, 7) is 4.19. The van der Waals surface area contributed by atoms with E-state index in [1.807, 2.05) is 49.4 Å². The second-order valence-corrected chi connectivity index (χ2v) is 4.64. The van der Waals surface area contributed by atoms with Crippen molar-refractivity contribution < 1.29 is 4.74 Å². The van der Waals surface area contributed by atoms with Crippen LogP contribution in [0.1, 0.15) is 18.1 Å². The molecule has 0 atom stereocenters. The van der Waals surface area contributed by atoms with Crippen LogP contribution in [0.3, 0.4) is 0 Å². The monoisotopic (exact) mass is 311 g/mol. The van der Waals surface area contributed by atoms with Crippen LogP contribution >= 0.6 is 24.0 Å². The molecule has 0 amide bonds. The minimum Gasteiger partial charge on any atom is -0.494 e. The summed E-state index contributed by atoms with van der Waals surface area (Å²) in [5, 5.41) is 4.19. The molecule has 2 rings (SSSR count). The van der Waals surface area contributed by atoms with Gasteiger partial charge >= 0.3 is 0 Å². The lowest BCUT2D eigenvalue weighted by Crippen LogP contribution is -2.13. The Morgan fingerprint density at radius 3 is 2.25 bits per heavy atom. The standard InChI is InChI=1S/C16H18ClNO.ClH/c1-2-19-16-10-6-4-8-14(16)12-18-11-13-7-3-5-9-15(13)17;/h3-10,18H,2,11-12H2,1H3;1H. The second kappa shape index (κ2) is 8.85. The van der Waals surface area contributed by atoms with Gasteiger partial charge < -0.3 is 10.1 Å². The van der Waals surface area contributed by atoms with Gasteiger partial charge in [-0.1, -0.05) is 48.0 Å². The molecule has 4 heteroatoms. The van der Waals surface area contributed by atoms with Crippen molar-refractivity contribution in [1.82, 2.24) is 5.32 Å². The third kappa shape index (κ3) is 4.71. The Balaban J connectivity index is 0.00000200. The Bertz CT molecular complexity index is 531. The third-order valence-corrected chi connectivity index (χ3v) is 3.23. The van der Waals surface area contributed by atoms with Gasteiger partial charge in [-0.2, -0.15) is 0 Å². The van der Waals surface area contributed by atoms with Crippen LogP contribution in [0.15, 0.2) is 48.5 Å². The summed E-state index contributed by atoms with van der Waals surface area (Å²) in [4.78, 5) is 0. The molecule has 0 aliphatic carbocycles. The van der Waals surface area contributed by atoms with Gasteiger partial charge in [0.1, 0.15) is 5.75 Å². The fraction of sp³-hybridized carbons (Fsp3) is 0.250. The van der Waals surface area contributed by atoms with Crippen molar-refractivity contribution in [2.24, 2.45) is 0 Å². The first kappa shape index (κ1) is 16.8. The number of halogens is 2. The molecule has 0 fully saturated rings. The largest absolute Gasteiger partial charge is 0.494 e. The maximum Gasteiger partial charge on any atom is 0.123 e. The normalized spacial score (nSPS) is 9.90. The molecule has 1 N–H and O–H groups in total. The molecule has 0 bridgehead atoms. The summed E-state index contributed by atoms with van der Waals surface area (Å²) in [6, 6.07) is 16.0. The zero-order chi connectivity index (χ0) is 13.5. The number of ether oxygens (including phenoxy) is 1. The molecule has 20 heavy (non-hydrogen) atoms. The zero-order valence-electron chi connectivity index (χ0n) is 11.4. The van der Waals surface area contributed by atoms with Crippen LogP contribution in [0, 0.1) is 0 Å². The molecule has 0 aromatic heterocycles. The van der Waals surface area contributed by atoms with Gasteiger partial charge in [-0.05, 0) is 24.6 Å². The summed E-state index contributed by atoms with van der Waals surface area (Å²) in [7, 11) is 0. The Morgan fingerprint density at radius 2 is 1.55 bits per heavy atom. The molecule has 2 aromatic rings. The van der Waals surface area contributed by atoms with E-state index in [9.17, 15) is 0 Å². The number of nitrogens with one attached hydrogen (secondary N) is 1. The van der Waals surface area contributed by atoms with Gasteiger partial charge in [-0.3, -0.25) is 0 Å². The summed E-state index contributed by atoms with van der Waals surface area (Å²) >= 11 is 6.12. The molecular weight excluding hydrogens is 293 g/mol. The summed E-state index contributed by atoms with van der Waals surface area (Å²) in [5.41, 5.74) is 2.27. The number of hydrogen-bond donors (Lipinski definition) is 1. The van der Waals surface area contributed by atoms with E-state index >= 15 is 0 Å². The molecule has 0 aliphatic rings. The highest BCUT2D eigenvalue weighted by Crippen LogP contribution is 2.18. The van der Waals surface area contributed by atoms with Gasteiger partial charge in [-0.15, -0.1) is 12.4 Å². The number of rotatable bonds is 6. The van der Waals surface area contributed by atoms with Crippen molar-refractivity contribution in [3.05, 3.63) is 64.7 Å². The average molecular weight is 312 g/mol. The number of benzene rings is 2. The molecule has 0 saturated heterocycles. The number of hydrogen-bond acceptors (Lipinski definition) is 2. The van der Waals surface area contributed by atoms with Crippen molar-refractivity contribution in [2.75, 3.05) is 6.61 Å². The zero-order valence-corrected chi connectivity index (χ0v) is 13.0. The molecule has 0 aliphatic heterocycles. The minimum absolute atomic E-state index is 0. The Labute approximate surface area is 131 Å². The van der Waals surface area contributed by atoms with E-state index in [-0.39, 0.29) is 12.4 Å². The lowest BCUT2D eigenvalue weighted by Gasteiger charge is -2.11. The highest BCUT2D eigenvalue weighted by atomic mass is 35.5. The quantitative estimate of drug-likeness (QED) is 0.851. The van der Waals surface area contributed by atoms with E-state index in [0.717, 1.165) is 35.0 Å². The highest BCUT2D eigenvalue weighted by Gasteiger charge is 2.03. The predicted molar refractivity (Wildman–Crippen MR) is 86.9 cm³/mol. The molecule has 0 spiro atoms. The maximum atomic E-state index is 6.12. The van der Waals surface area contributed by atoms with Crippen LogP contribution in [-0.4, -0.2) is 6.61 Å². The molecule has 2 nitrogen and oxygen atoms in total. The van der Waals surface area contributed by atoms with Crippen molar-refractivity contribution in [3.63, 3.8) is 0 Å². The van der Waals surface area contributed by atoms with Crippen molar-refractivity contribution in [2.45, 2.75) is 20.0 Å². The van der Waals surface area contributed by atoms with Crippen molar-refractivity contribution >= 4 is 24.0 Å². The predicted octanol–water partition coefficient (Wildman–Crippen LogP) is 4.45. The van der Waals surface area contributed by atoms with Gasteiger partial charge in [0, 0.05) is 23.7 Å². The van der Waals surface area contributed by atoms with Gasteiger partial charge in [0.2, 0.25) is 0 Å². The van der Waals surface area contributed by atoms with Gasteiger partial charge in [0.05, 0.1) is 6.61 Å². The van der Waals surface area contributed by atoms with Crippen molar-refractivity contribution in [1.29, 1.82) is 0 Å². The first-order valence-electron chi connectivity index (χ1n) is 6.46. The SMILES string of the molecule is CCOc1ccccc1CNCc1ccccc1Cl.Cl. The van der Waals surface area contributed by atoms with Crippen LogP contribution in [0.4, 0.5) is 0 Å². The minimum atomic E-state index is 0. The van der Waals surface area contributed by atoms with Crippen LogP contribution in [0.5, 0.6) is 5.75 Å². The molecule has 0 heterocycles.